The molecule has 3 aliphatic heterocycles. The van der Waals surface area contributed by atoms with Crippen molar-refractivity contribution >= 4 is 74.2 Å². The molecule has 0 spiro atoms. The first-order valence-corrected chi connectivity index (χ1v) is 18.9. The zero-order chi connectivity index (χ0) is 33.2. The van der Waals surface area contributed by atoms with E-state index in [-0.39, 0.29) is 0 Å². The lowest BCUT2D eigenvalue weighted by Crippen LogP contribution is -2.77. The molecule has 3 aromatic rings. The van der Waals surface area contributed by atoms with Gasteiger partial charge in [-0.15, -0.1) is 0 Å². The smallest absolute Gasteiger partial charge is 0.409 e. The molecule has 3 aliphatic rings. The molecule has 14 heteroatoms. The molecule has 0 aromatic heterocycles. The zero-order valence-electron chi connectivity index (χ0n) is 27.2. The van der Waals surface area contributed by atoms with Gasteiger partial charge in [0, 0.05) is 29.3 Å². The fraction of sp³-hybridized carbons (Fsp3) is 0.344. The maximum atomic E-state index is 11.1. The maximum Gasteiger partial charge on any atom is 0.478 e. The highest BCUT2D eigenvalue weighted by atomic mass is 28.4. The topological polar surface area (TPSA) is 107 Å². The van der Waals surface area contributed by atoms with Crippen LogP contribution in [-0.4, -0.2) is 57.8 Å². The summed E-state index contributed by atoms with van der Waals surface area (Å²) < 4.78 is 42.2. The van der Waals surface area contributed by atoms with Gasteiger partial charge >= 0.3 is 39.0 Å². The first kappa shape index (κ1) is 34.4. The van der Waals surface area contributed by atoms with Crippen molar-refractivity contribution in [2.75, 3.05) is 0 Å². The number of carbonyl (C=O) groups is 3. The van der Waals surface area contributed by atoms with Crippen LogP contribution in [0.3, 0.4) is 0 Å². The van der Waals surface area contributed by atoms with E-state index in [0.717, 1.165) is 35.5 Å². The molecule has 9 nitrogen and oxygen atoms in total. The van der Waals surface area contributed by atoms with Crippen LogP contribution in [0.1, 0.15) is 58.2 Å². The molecule has 6 rings (SSSR count). The Morgan fingerprint density at radius 2 is 0.674 bits per heavy atom. The zero-order valence-corrected chi connectivity index (χ0v) is 29.2. The highest BCUT2D eigenvalue weighted by Gasteiger charge is 2.69. The Morgan fingerprint density at radius 3 is 0.848 bits per heavy atom. The van der Waals surface area contributed by atoms with Crippen LogP contribution in [0, 0.1) is 0 Å². The van der Waals surface area contributed by atoms with Crippen molar-refractivity contribution in [3.63, 3.8) is 0 Å². The third-order valence-corrected chi connectivity index (χ3v) is 14.9. The highest BCUT2D eigenvalue weighted by Crippen LogP contribution is 2.47. The normalized spacial score (nSPS) is 22.2. The molecule has 3 heterocycles. The van der Waals surface area contributed by atoms with Gasteiger partial charge < -0.3 is 40.4 Å². The van der Waals surface area contributed by atoms with Gasteiger partial charge in [0.05, 0.1) is 0 Å². The van der Waals surface area contributed by atoms with E-state index in [4.69, 9.17) is 26.1 Å². The Balaban J connectivity index is 1.68. The van der Waals surface area contributed by atoms with E-state index in [1.807, 2.05) is 114 Å². The van der Waals surface area contributed by atoms with Gasteiger partial charge in [0.25, 0.3) is 0 Å². The fourth-order valence-electron chi connectivity index (χ4n) is 5.27. The van der Waals surface area contributed by atoms with Crippen LogP contribution >= 0.6 is 0 Å². The van der Waals surface area contributed by atoms with Gasteiger partial charge in [-0.25, -0.2) is 0 Å². The summed E-state index contributed by atoms with van der Waals surface area (Å²) in [5.74, 6) is 0. The predicted octanol–water partition coefficient (Wildman–Crippen LogP) is 3.00. The van der Waals surface area contributed by atoms with E-state index < -0.39 is 49.0 Å². The monoisotopic (exact) mass is 656 g/mol. The van der Waals surface area contributed by atoms with Crippen molar-refractivity contribution < 1.29 is 40.4 Å². The van der Waals surface area contributed by atoms with Crippen molar-refractivity contribution in [1.82, 2.24) is 0 Å². The maximum absolute atomic E-state index is 11.1. The molecule has 46 heavy (non-hydrogen) atoms. The number of aldehydes is 3. The molecule has 3 fully saturated rings. The average molecular weight is 656 g/mol. The Labute approximate surface area is 274 Å². The van der Waals surface area contributed by atoms with Gasteiger partial charge in [-0.05, 0) is 33.1 Å². The lowest BCUT2D eigenvalue weighted by molar-refractivity contribution is -0.108. The molecule has 0 aliphatic carbocycles. The summed E-state index contributed by atoms with van der Waals surface area (Å²) >= 11 is 0. The van der Waals surface area contributed by atoms with Gasteiger partial charge in [0.2, 0.25) is 0 Å². The number of hydrogen-bond acceptors (Lipinski definition) is 9. The van der Waals surface area contributed by atoms with Gasteiger partial charge in [-0.3, -0.25) is 0 Å². The van der Waals surface area contributed by atoms with E-state index in [0.29, 0.717) is 35.7 Å². The molecule has 0 unspecified atom stereocenters. The minimum atomic E-state index is -3.87. The van der Waals surface area contributed by atoms with Crippen LogP contribution in [0.5, 0.6) is 0 Å². The number of fused-ring (bicyclic) bond motifs is 6. The van der Waals surface area contributed by atoms with E-state index >= 15 is 0 Å². The fourth-order valence-corrected chi connectivity index (χ4v) is 10.8. The molecule has 0 radical (unpaired) electrons. The van der Waals surface area contributed by atoms with E-state index in [1.165, 1.54) is 0 Å². The molecule has 0 N–H and O–H groups in total. The predicted molar refractivity (Wildman–Crippen MR) is 182 cm³/mol. The number of rotatable bonds is 9. The van der Waals surface area contributed by atoms with E-state index in [2.05, 4.69) is 0 Å². The Kier molecular flexibility index (Phi) is 10.2. The van der Waals surface area contributed by atoms with Gasteiger partial charge in [0.15, 0.2) is 0 Å². The first-order valence-electron chi connectivity index (χ1n) is 15.5. The third kappa shape index (κ3) is 7.14. The molecule has 2 bridgehead atoms. The third-order valence-electron chi connectivity index (χ3n) is 8.12. The number of benzene rings is 3. The Hall–Kier alpha value is -2.94. The average Bonchev–Trinajstić information content (AvgIpc) is 2.97. The SMILES string of the molecule is CC(C)(C)[Si]12OB(c3ccc(CC=O)cc3)O[Si](C(C)(C)C)(OB(c3ccc(CC=O)cc3)O1)OB(c1ccc(CC=O)cc1)O2. The van der Waals surface area contributed by atoms with Crippen LogP contribution in [0.4, 0.5) is 0 Å². The summed E-state index contributed by atoms with van der Waals surface area (Å²) in [6, 6.07) is 22.5. The molecule has 238 valence electrons. The minimum Gasteiger partial charge on any atom is -0.409 e. The lowest BCUT2D eigenvalue weighted by Gasteiger charge is -2.54. The highest BCUT2D eigenvalue weighted by molar-refractivity contribution is 6.95. The van der Waals surface area contributed by atoms with Crippen molar-refractivity contribution in [2.24, 2.45) is 0 Å². The van der Waals surface area contributed by atoms with Crippen LogP contribution in [0.25, 0.3) is 0 Å². The van der Waals surface area contributed by atoms with Crippen LogP contribution in [-0.2, 0) is 59.7 Å². The molecule has 0 atom stereocenters. The standard InChI is InChI=1S/C32H39B3O9Si2/c1-31(2,3)45-39-33(28-13-7-25(8-14-28)19-22-36)42-46(32(4,5)6,43-34(40-45)29-15-9-26(10-16-29)20-23-37)44-35(41-45)30-17-11-27(12-18-30)21-24-38/h7-18,22-24H,19-21H2,1-6H3. The largest absolute Gasteiger partial charge is 0.478 e. The molecular weight excluding hydrogens is 617 g/mol. The number of carbonyl (C=O) groups excluding carboxylic acids is 3. The summed E-state index contributed by atoms with van der Waals surface area (Å²) in [4.78, 5) is 33.4. The molecule has 3 saturated heterocycles. The minimum absolute atomic E-state index is 0.299. The summed E-state index contributed by atoms with van der Waals surface area (Å²) in [5, 5.41) is -1.38. The van der Waals surface area contributed by atoms with E-state index in [1.54, 1.807) is 0 Å². The molecule has 3 aromatic carbocycles. The first-order chi connectivity index (χ1) is 21.8. The quantitative estimate of drug-likeness (QED) is 0.254. The second kappa shape index (κ2) is 13.7. The lowest BCUT2D eigenvalue weighted by atomic mass is 9.79. The molecule has 0 saturated carbocycles. The molecule has 0 amide bonds. The van der Waals surface area contributed by atoms with Crippen LogP contribution < -0.4 is 16.4 Å². The van der Waals surface area contributed by atoms with Gasteiger partial charge in [-0.1, -0.05) is 114 Å². The summed E-state index contributed by atoms with van der Waals surface area (Å²) in [6.45, 7) is 12.0. The van der Waals surface area contributed by atoms with Crippen molar-refractivity contribution in [1.29, 1.82) is 0 Å². The van der Waals surface area contributed by atoms with Crippen molar-refractivity contribution in [2.45, 2.75) is 70.9 Å². The molecular formula is C32H39B3O9Si2. The van der Waals surface area contributed by atoms with E-state index in [9.17, 15) is 14.4 Å². The van der Waals surface area contributed by atoms with Crippen molar-refractivity contribution in [3.8, 4) is 0 Å². The van der Waals surface area contributed by atoms with Gasteiger partial charge in [-0.2, -0.15) is 0 Å². The summed E-state index contributed by atoms with van der Waals surface area (Å²) in [7, 11) is -10.6. The van der Waals surface area contributed by atoms with Crippen LogP contribution in [0.15, 0.2) is 72.8 Å². The van der Waals surface area contributed by atoms with Crippen molar-refractivity contribution in [3.05, 3.63) is 89.5 Å². The second-order valence-corrected chi connectivity index (χ2v) is 20.3. The Bertz CT molecular complexity index is 1330. The second-order valence-electron chi connectivity index (χ2n) is 13.7. The Morgan fingerprint density at radius 1 is 0.457 bits per heavy atom. The summed E-state index contributed by atoms with van der Waals surface area (Å²) in [6.07, 6.45) is 3.50. The van der Waals surface area contributed by atoms with Gasteiger partial charge in [0.1, 0.15) is 18.9 Å². The number of hydrogen-bond donors (Lipinski definition) is 0. The van der Waals surface area contributed by atoms with Crippen LogP contribution in [0.2, 0.25) is 10.1 Å². The summed E-state index contributed by atoms with van der Waals surface area (Å²) in [5.41, 5.74) is 4.74.